The highest BCUT2D eigenvalue weighted by Gasteiger charge is 2.04. The lowest BCUT2D eigenvalue weighted by Crippen LogP contribution is -1.95. The van der Waals surface area contributed by atoms with Gasteiger partial charge in [-0.1, -0.05) is 42.5 Å². The van der Waals surface area contributed by atoms with Crippen LogP contribution in [0.3, 0.4) is 0 Å². The van der Waals surface area contributed by atoms with E-state index < -0.39 is 0 Å². The van der Waals surface area contributed by atoms with Crippen molar-refractivity contribution < 1.29 is 4.74 Å². The molecule has 0 bridgehead atoms. The molecule has 0 aliphatic heterocycles. The van der Waals surface area contributed by atoms with Gasteiger partial charge in [-0.3, -0.25) is 0 Å². The standard InChI is InChI=1S/C17H16N2O/c1-20-16-9-5-8-15(10-16)17-12-19(13-18-17)11-14-6-3-2-4-7-14/h2-10,12-13H,11H2,1H3. The molecule has 3 aromatic rings. The van der Waals surface area contributed by atoms with Crippen molar-refractivity contribution in [2.24, 2.45) is 0 Å². The number of rotatable bonds is 4. The molecule has 1 heterocycles. The number of benzene rings is 2. The Morgan fingerprint density at radius 3 is 2.70 bits per heavy atom. The average molecular weight is 264 g/mol. The van der Waals surface area contributed by atoms with Gasteiger partial charge >= 0.3 is 0 Å². The SMILES string of the molecule is COc1cccc(-c2cn(Cc3ccccc3)cn2)c1. The molecule has 0 aliphatic rings. The monoisotopic (exact) mass is 264 g/mol. The minimum atomic E-state index is 0.831. The lowest BCUT2D eigenvalue weighted by molar-refractivity contribution is 0.415. The minimum Gasteiger partial charge on any atom is -0.497 e. The molecule has 0 fully saturated rings. The van der Waals surface area contributed by atoms with E-state index in [1.54, 1.807) is 7.11 Å². The fraction of sp³-hybridized carbons (Fsp3) is 0.118. The molecular formula is C17H16N2O. The zero-order valence-corrected chi connectivity index (χ0v) is 11.4. The molecule has 0 spiro atoms. The van der Waals surface area contributed by atoms with E-state index >= 15 is 0 Å². The summed E-state index contributed by atoms with van der Waals surface area (Å²) in [6.07, 6.45) is 3.92. The number of hydrogen-bond donors (Lipinski definition) is 0. The van der Waals surface area contributed by atoms with E-state index in [-0.39, 0.29) is 0 Å². The Hall–Kier alpha value is -2.55. The van der Waals surface area contributed by atoms with Crippen LogP contribution in [0.1, 0.15) is 5.56 Å². The van der Waals surface area contributed by atoms with Crippen LogP contribution in [-0.2, 0) is 6.54 Å². The van der Waals surface area contributed by atoms with Crippen LogP contribution in [0, 0.1) is 0 Å². The van der Waals surface area contributed by atoms with Crippen molar-refractivity contribution in [3.63, 3.8) is 0 Å². The summed E-state index contributed by atoms with van der Waals surface area (Å²) in [6.45, 7) is 0.831. The topological polar surface area (TPSA) is 27.1 Å². The van der Waals surface area contributed by atoms with E-state index in [2.05, 4.69) is 40.0 Å². The summed E-state index contributed by atoms with van der Waals surface area (Å²) < 4.78 is 7.33. The fourth-order valence-electron chi connectivity index (χ4n) is 2.17. The molecule has 0 unspecified atom stereocenters. The normalized spacial score (nSPS) is 10.4. The van der Waals surface area contributed by atoms with E-state index in [9.17, 15) is 0 Å². The van der Waals surface area contributed by atoms with Gasteiger partial charge in [-0.2, -0.15) is 0 Å². The number of hydrogen-bond acceptors (Lipinski definition) is 2. The van der Waals surface area contributed by atoms with Crippen LogP contribution in [0.2, 0.25) is 0 Å². The average Bonchev–Trinajstić information content (AvgIpc) is 2.97. The maximum atomic E-state index is 5.24. The van der Waals surface area contributed by atoms with Crippen molar-refractivity contribution in [2.75, 3.05) is 7.11 Å². The van der Waals surface area contributed by atoms with Gasteiger partial charge in [0.15, 0.2) is 0 Å². The smallest absolute Gasteiger partial charge is 0.119 e. The van der Waals surface area contributed by atoms with Gasteiger partial charge in [0.1, 0.15) is 5.75 Å². The maximum absolute atomic E-state index is 5.24. The van der Waals surface area contributed by atoms with Crippen molar-refractivity contribution in [3.8, 4) is 17.0 Å². The highest BCUT2D eigenvalue weighted by Crippen LogP contribution is 2.22. The molecule has 0 saturated carbocycles. The molecule has 20 heavy (non-hydrogen) atoms. The highest BCUT2D eigenvalue weighted by molar-refractivity contribution is 5.60. The van der Waals surface area contributed by atoms with Crippen molar-refractivity contribution in [3.05, 3.63) is 72.7 Å². The molecule has 2 aromatic carbocycles. The number of nitrogens with zero attached hydrogens (tertiary/aromatic N) is 2. The largest absolute Gasteiger partial charge is 0.497 e. The van der Waals surface area contributed by atoms with E-state index in [0.29, 0.717) is 0 Å². The third-order valence-corrected chi connectivity index (χ3v) is 3.21. The molecule has 1 aromatic heterocycles. The van der Waals surface area contributed by atoms with Gasteiger partial charge < -0.3 is 9.30 Å². The molecule has 0 N–H and O–H groups in total. The van der Waals surface area contributed by atoms with Crippen LogP contribution < -0.4 is 4.74 Å². The summed E-state index contributed by atoms with van der Waals surface area (Å²) in [5, 5.41) is 0. The van der Waals surface area contributed by atoms with Crippen LogP contribution in [0.4, 0.5) is 0 Å². The summed E-state index contributed by atoms with van der Waals surface area (Å²) in [4.78, 5) is 4.47. The van der Waals surface area contributed by atoms with E-state index in [1.165, 1.54) is 5.56 Å². The molecule has 100 valence electrons. The maximum Gasteiger partial charge on any atom is 0.119 e. The van der Waals surface area contributed by atoms with Crippen molar-refractivity contribution in [1.82, 2.24) is 9.55 Å². The Balaban J connectivity index is 1.83. The van der Waals surface area contributed by atoms with Crippen molar-refractivity contribution >= 4 is 0 Å². The summed E-state index contributed by atoms with van der Waals surface area (Å²) in [6, 6.07) is 18.3. The molecule has 0 aliphatic carbocycles. The summed E-state index contributed by atoms with van der Waals surface area (Å²) in [5.74, 6) is 0.847. The second kappa shape index (κ2) is 5.61. The summed E-state index contributed by atoms with van der Waals surface area (Å²) in [7, 11) is 1.67. The molecule has 0 saturated heterocycles. The lowest BCUT2D eigenvalue weighted by Gasteiger charge is -2.02. The number of methoxy groups -OCH3 is 1. The van der Waals surface area contributed by atoms with Gasteiger partial charge in [-0.05, 0) is 17.7 Å². The molecule has 3 nitrogen and oxygen atoms in total. The zero-order chi connectivity index (χ0) is 13.8. The van der Waals surface area contributed by atoms with Crippen LogP contribution in [0.5, 0.6) is 5.75 Å². The Morgan fingerprint density at radius 2 is 1.90 bits per heavy atom. The first-order valence-corrected chi connectivity index (χ1v) is 6.55. The lowest BCUT2D eigenvalue weighted by atomic mass is 10.1. The molecule has 0 atom stereocenters. The first-order valence-electron chi connectivity index (χ1n) is 6.55. The van der Waals surface area contributed by atoms with E-state index in [1.807, 2.05) is 36.7 Å². The first-order chi connectivity index (χ1) is 9.85. The molecule has 3 heteroatoms. The number of imidazole rings is 1. The summed E-state index contributed by atoms with van der Waals surface area (Å²) >= 11 is 0. The molecule has 3 rings (SSSR count). The highest BCUT2D eigenvalue weighted by atomic mass is 16.5. The van der Waals surface area contributed by atoms with Gasteiger partial charge in [-0.25, -0.2) is 4.98 Å². The third kappa shape index (κ3) is 2.72. The zero-order valence-electron chi connectivity index (χ0n) is 11.4. The van der Waals surface area contributed by atoms with Gasteiger partial charge in [0, 0.05) is 18.3 Å². The predicted octanol–water partition coefficient (Wildman–Crippen LogP) is 3.61. The molecule has 0 radical (unpaired) electrons. The minimum absolute atomic E-state index is 0.831. The van der Waals surface area contributed by atoms with Crippen molar-refractivity contribution in [2.45, 2.75) is 6.54 Å². The predicted molar refractivity (Wildman–Crippen MR) is 79.8 cm³/mol. The second-order valence-corrected chi connectivity index (χ2v) is 4.65. The van der Waals surface area contributed by atoms with Crippen LogP contribution in [0.15, 0.2) is 67.1 Å². The van der Waals surface area contributed by atoms with E-state index in [0.717, 1.165) is 23.6 Å². The quantitative estimate of drug-likeness (QED) is 0.720. The molecular weight excluding hydrogens is 248 g/mol. The number of ether oxygens (including phenoxy) is 1. The molecule has 0 amide bonds. The first kappa shape index (κ1) is 12.5. The van der Waals surface area contributed by atoms with E-state index in [4.69, 9.17) is 4.74 Å². The number of aromatic nitrogens is 2. The van der Waals surface area contributed by atoms with Crippen molar-refractivity contribution in [1.29, 1.82) is 0 Å². The van der Waals surface area contributed by atoms with Crippen LogP contribution in [-0.4, -0.2) is 16.7 Å². The van der Waals surface area contributed by atoms with Gasteiger partial charge in [0.25, 0.3) is 0 Å². The second-order valence-electron chi connectivity index (χ2n) is 4.65. The van der Waals surface area contributed by atoms with Crippen LogP contribution >= 0.6 is 0 Å². The van der Waals surface area contributed by atoms with Gasteiger partial charge in [0.05, 0.1) is 19.1 Å². The van der Waals surface area contributed by atoms with Crippen LogP contribution in [0.25, 0.3) is 11.3 Å². The fourth-order valence-corrected chi connectivity index (χ4v) is 2.17. The Kier molecular flexibility index (Phi) is 3.50. The van der Waals surface area contributed by atoms with Gasteiger partial charge in [-0.15, -0.1) is 0 Å². The Morgan fingerprint density at radius 1 is 1.05 bits per heavy atom. The Bertz CT molecular complexity index is 689. The summed E-state index contributed by atoms with van der Waals surface area (Å²) in [5.41, 5.74) is 3.29. The third-order valence-electron chi connectivity index (χ3n) is 3.21. The van der Waals surface area contributed by atoms with Gasteiger partial charge in [0.2, 0.25) is 0 Å². The Labute approximate surface area is 118 Å².